The van der Waals surface area contributed by atoms with Gasteiger partial charge in [0.05, 0.1) is 5.75 Å². The maximum Gasteiger partial charge on any atom is 0.242 e. The van der Waals surface area contributed by atoms with Gasteiger partial charge in [-0.1, -0.05) is 74.6 Å². The van der Waals surface area contributed by atoms with Gasteiger partial charge in [0.1, 0.15) is 17.9 Å². The summed E-state index contributed by atoms with van der Waals surface area (Å²) >= 11 is 0. The number of amidine groups is 1. The van der Waals surface area contributed by atoms with Crippen LogP contribution in [0, 0.1) is 18.3 Å². The Labute approximate surface area is 225 Å². The molecule has 0 aromatic heterocycles. The van der Waals surface area contributed by atoms with Gasteiger partial charge in [-0.15, -0.1) is 0 Å². The number of sulfonamides is 1. The van der Waals surface area contributed by atoms with Crippen molar-refractivity contribution in [2.45, 2.75) is 76.8 Å². The molecule has 0 heterocycles. The summed E-state index contributed by atoms with van der Waals surface area (Å²) in [5.41, 5.74) is 8.53. The van der Waals surface area contributed by atoms with Gasteiger partial charge in [-0.3, -0.25) is 15.0 Å². The average molecular weight is 542 g/mol. The van der Waals surface area contributed by atoms with Crippen molar-refractivity contribution in [3.63, 3.8) is 0 Å². The zero-order valence-electron chi connectivity index (χ0n) is 22.1. The van der Waals surface area contributed by atoms with Crippen molar-refractivity contribution < 1.29 is 18.0 Å². The maximum atomic E-state index is 13.2. The lowest BCUT2D eigenvalue weighted by atomic mass is 9.85. The number of carbonyl (C=O) groups excluding carboxylic acids is 2. The van der Waals surface area contributed by atoms with Crippen LogP contribution in [0.5, 0.6) is 0 Å². The summed E-state index contributed by atoms with van der Waals surface area (Å²) in [6, 6.07) is 12.3. The van der Waals surface area contributed by atoms with Crippen molar-refractivity contribution in [2.24, 2.45) is 11.7 Å². The predicted octanol–water partition coefficient (Wildman–Crippen LogP) is 2.86. The Morgan fingerprint density at radius 3 is 2.37 bits per heavy atom. The quantitative estimate of drug-likeness (QED) is 0.206. The van der Waals surface area contributed by atoms with Gasteiger partial charge in [0.25, 0.3) is 0 Å². The topological polar surface area (TPSA) is 154 Å². The summed E-state index contributed by atoms with van der Waals surface area (Å²) < 4.78 is 28.5. The number of benzene rings is 2. The zero-order chi connectivity index (χ0) is 27.7. The lowest BCUT2D eigenvalue weighted by Gasteiger charge is -2.27. The van der Waals surface area contributed by atoms with Crippen LogP contribution in [0.3, 0.4) is 0 Å². The molecule has 1 unspecified atom stereocenters. The van der Waals surface area contributed by atoms with Crippen LogP contribution in [0.25, 0.3) is 0 Å². The second-order valence-electron chi connectivity index (χ2n) is 10.2. The molecule has 0 aliphatic heterocycles. The molecule has 2 aromatic carbocycles. The van der Waals surface area contributed by atoms with Crippen LogP contribution in [0.15, 0.2) is 48.5 Å². The van der Waals surface area contributed by atoms with E-state index in [1.165, 1.54) is 0 Å². The van der Waals surface area contributed by atoms with Crippen LogP contribution in [0.4, 0.5) is 0 Å². The molecule has 3 rings (SSSR count). The number of nitrogens with two attached hydrogens (primary N) is 1. The summed E-state index contributed by atoms with van der Waals surface area (Å²) in [6.07, 6.45) is 5.62. The second-order valence-corrected chi connectivity index (χ2v) is 11.9. The Morgan fingerprint density at radius 1 is 1.05 bits per heavy atom. The standard InChI is InChI=1S/C28H39N5O4S/c1-19-15-23(26(29)30)13-14-24(19)17-31-27(34)20(2)32-28(35)25(16-21-9-5-3-6-10-21)33-38(36,37)18-22-11-7-4-8-12-22/h4,7-8,11-15,20-21,25,33H,3,5-6,9-10,16-18H2,1-2H3,(H3,29,30)(H,31,34)(H,32,35)/t20?,25-/m1/s1. The monoisotopic (exact) mass is 541 g/mol. The highest BCUT2D eigenvalue weighted by Crippen LogP contribution is 2.27. The third-order valence-electron chi connectivity index (χ3n) is 6.99. The molecule has 1 saturated carbocycles. The molecule has 2 aromatic rings. The molecule has 1 aliphatic carbocycles. The normalized spacial score (nSPS) is 15.8. The molecule has 0 saturated heterocycles. The Morgan fingerprint density at radius 2 is 1.74 bits per heavy atom. The van der Waals surface area contributed by atoms with Crippen LogP contribution in [-0.2, 0) is 31.9 Å². The molecule has 10 heteroatoms. The fourth-order valence-electron chi connectivity index (χ4n) is 4.79. The molecule has 38 heavy (non-hydrogen) atoms. The van der Waals surface area contributed by atoms with E-state index in [1.807, 2.05) is 13.0 Å². The lowest BCUT2D eigenvalue weighted by Crippen LogP contribution is -2.53. The largest absolute Gasteiger partial charge is 0.384 e. The van der Waals surface area contributed by atoms with Crippen LogP contribution in [0.2, 0.25) is 0 Å². The van der Waals surface area contributed by atoms with Crippen molar-refractivity contribution in [3.05, 3.63) is 70.8 Å². The van der Waals surface area contributed by atoms with Gasteiger partial charge >= 0.3 is 0 Å². The minimum absolute atomic E-state index is 0.0257. The Hall–Kier alpha value is -3.24. The SMILES string of the molecule is Cc1cc(C(=N)N)ccc1CNC(=O)C(C)NC(=O)[C@@H](CC1CCCCC1)NS(=O)(=O)Cc1ccccc1. The summed E-state index contributed by atoms with van der Waals surface area (Å²) in [5.74, 6) is -0.875. The van der Waals surface area contributed by atoms with E-state index >= 15 is 0 Å². The first-order chi connectivity index (χ1) is 18.0. The maximum absolute atomic E-state index is 13.2. The van der Waals surface area contributed by atoms with Gasteiger partial charge in [0, 0.05) is 12.1 Å². The minimum atomic E-state index is -3.78. The Kier molecular flexibility index (Phi) is 10.4. The first-order valence-electron chi connectivity index (χ1n) is 13.1. The molecule has 0 bridgehead atoms. The number of hydrogen-bond acceptors (Lipinski definition) is 5. The average Bonchev–Trinajstić information content (AvgIpc) is 2.88. The van der Waals surface area contributed by atoms with Crippen LogP contribution in [-0.4, -0.2) is 38.2 Å². The lowest BCUT2D eigenvalue weighted by molar-refractivity contribution is -0.129. The zero-order valence-corrected chi connectivity index (χ0v) is 22.9. The summed E-state index contributed by atoms with van der Waals surface area (Å²) in [5, 5.41) is 13.1. The molecule has 6 N–H and O–H groups in total. The number of nitrogen functional groups attached to an aromatic ring is 1. The summed E-state index contributed by atoms with van der Waals surface area (Å²) in [7, 11) is -3.78. The highest BCUT2D eigenvalue weighted by molar-refractivity contribution is 7.88. The van der Waals surface area contributed by atoms with Crippen molar-refractivity contribution >= 4 is 27.7 Å². The molecular formula is C28H39N5O4S. The molecular weight excluding hydrogens is 502 g/mol. The van der Waals surface area contributed by atoms with Gasteiger partial charge < -0.3 is 16.4 Å². The van der Waals surface area contributed by atoms with Crippen LogP contribution >= 0.6 is 0 Å². The smallest absolute Gasteiger partial charge is 0.242 e. The van der Waals surface area contributed by atoms with Crippen molar-refractivity contribution in [2.75, 3.05) is 0 Å². The summed E-state index contributed by atoms with van der Waals surface area (Å²) in [6.45, 7) is 3.70. The molecule has 2 atom stereocenters. The number of rotatable bonds is 12. The molecule has 1 fully saturated rings. The van der Waals surface area contributed by atoms with E-state index in [4.69, 9.17) is 11.1 Å². The van der Waals surface area contributed by atoms with Crippen LogP contribution in [0.1, 0.15) is 67.7 Å². The number of hydrogen-bond donors (Lipinski definition) is 5. The van der Waals surface area contributed by atoms with E-state index in [-0.39, 0.29) is 30.0 Å². The number of aryl methyl sites for hydroxylation is 1. The fourth-order valence-corrected chi connectivity index (χ4v) is 6.14. The third kappa shape index (κ3) is 8.95. The van der Waals surface area contributed by atoms with Crippen molar-refractivity contribution in [3.8, 4) is 0 Å². The van der Waals surface area contributed by atoms with Gasteiger partial charge in [0.2, 0.25) is 21.8 Å². The first kappa shape index (κ1) is 29.3. The van der Waals surface area contributed by atoms with Gasteiger partial charge in [-0.05, 0) is 48.9 Å². The molecule has 206 valence electrons. The second kappa shape index (κ2) is 13.5. The third-order valence-corrected chi connectivity index (χ3v) is 8.35. The van der Waals surface area contributed by atoms with E-state index in [0.717, 1.165) is 43.2 Å². The number of amides is 2. The fraction of sp³-hybridized carbons (Fsp3) is 0.464. The molecule has 2 amide bonds. The highest BCUT2D eigenvalue weighted by atomic mass is 32.2. The predicted molar refractivity (Wildman–Crippen MR) is 149 cm³/mol. The van der Waals surface area contributed by atoms with E-state index < -0.39 is 28.0 Å². The van der Waals surface area contributed by atoms with Crippen molar-refractivity contribution in [1.82, 2.24) is 15.4 Å². The van der Waals surface area contributed by atoms with Crippen molar-refractivity contribution in [1.29, 1.82) is 5.41 Å². The van der Waals surface area contributed by atoms with Gasteiger partial charge in [-0.2, -0.15) is 0 Å². The van der Waals surface area contributed by atoms with E-state index in [0.29, 0.717) is 17.5 Å². The van der Waals surface area contributed by atoms with E-state index in [9.17, 15) is 18.0 Å². The molecule has 9 nitrogen and oxygen atoms in total. The summed E-state index contributed by atoms with van der Waals surface area (Å²) in [4.78, 5) is 26.0. The Balaban J connectivity index is 1.63. The van der Waals surface area contributed by atoms with Crippen LogP contribution < -0.4 is 21.1 Å². The molecule has 0 radical (unpaired) electrons. The number of carbonyl (C=O) groups is 2. The van der Waals surface area contributed by atoms with E-state index in [1.54, 1.807) is 49.4 Å². The van der Waals surface area contributed by atoms with E-state index in [2.05, 4.69) is 15.4 Å². The molecule has 1 aliphatic rings. The van der Waals surface area contributed by atoms with Gasteiger partial charge in [-0.25, -0.2) is 13.1 Å². The highest BCUT2D eigenvalue weighted by Gasteiger charge is 2.30. The number of nitrogens with one attached hydrogen (secondary N) is 4. The van der Waals surface area contributed by atoms with Gasteiger partial charge in [0.15, 0.2) is 0 Å². The Bertz CT molecular complexity index is 1230. The minimum Gasteiger partial charge on any atom is -0.384 e. The molecule has 0 spiro atoms. The first-order valence-corrected chi connectivity index (χ1v) is 14.7.